The molecule has 3 heteroatoms. The van der Waals surface area contributed by atoms with Crippen LogP contribution in [0.5, 0.6) is 0 Å². The first kappa shape index (κ1) is 33.4. The molecular formula is C33H63NO2. The first-order chi connectivity index (χ1) is 17.9. The zero-order valence-corrected chi connectivity index (χ0v) is 24.5. The Morgan fingerprint density at radius 3 is 1.56 bits per heavy atom. The highest BCUT2D eigenvalue weighted by Gasteiger charge is 2.22. The lowest BCUT2D eigenvalue weighted by atomic mass is 10.1. The van der Waals surface area contributed by atoms with E-state index in [1.807, 2.05) is 0 Å². The highest BCUT2D eigenvalue weighted by Crippen LogP contribution is 2.14. The first-order valence-corrected chi connectivity index (χ1v) is 16.1. The van der Waals surface area contributed by atoms with E-state index >= 15 is 0 Å². The van der Waals surface area contributed by atoms with E-state index < -0.39 is 0 Å². The van der Waals surface area contributed by atoms with Gasteiger partial charge in [0.25, 0.3) is 0 Å². The van der Waals surface area contributed by atoms with Crippen LogP contribution in [0.3, 0.4) is 0 Å². The summed E-state index contributed by atoms with van der Waals surface area (Å²) in [4.78, 5) is 2.60. The van der Waals surface area contributed by atoms with Crippen molar-refractivity contribution in [2.24, 2.45) is 0 Å². The Hall–Kier alpha value is -0.640. The van der Waals surface area contributed by atoms with Crippen LogP contribution in [0.2, 0.25) is 0 Å². The van der Waals surface area contributed by atoms with Gasteiger partial charge in [0, 0.05) is 13.2 Å². The second-order valence-electron chi connectivity index (χ2n) is 10.9. The first-order valence-electron chi connectivity index (χ1n) is 16.1. The van der Waals surface area contributed by atoms with Crippen molar-refractivity contribution in [2.45, 2.75) is 148 Å². The molecule has 1 aliphatic heterocycles. The smallest absolute Gasteiger partial charge is 0.0644 e. The topological polar surface area (TPSA) is 21.7 Å². The van der Waals surface area contributed by atoms with Crippen LogP contribution < -0.4 is 0 Å². The maximum Gasteiger partial charge on any atom is 0.0644 e. The van der Waals surface area contributed by atoms with Crippen molar-refractivity contribution in [1.29, 1.82) is 0 Å². The number of rotatable bonds is 27. The van der Waals surface area contributed by atoms with Gasteiger partial charge in [-0.15, -0.1) is 0 Å². The Kier molecular flexibility index (Phi) is 25.4. The van der Waals surface area contributed by atoms with Gasteiger partial charge in [0.05, 0.1) is 19.3 Å². The van der Waals surface area contributed by atoms with Gasteiger partial charge in [-0.1, -0.05) is 109 Å². The number of ether oxygens (including phenoxy) is 2. The lowest BCUT2D eigenvalue weighted by molar-refractivity contribution is 0.0110. The van der Waals surface area contributed by atoms with Gasteiger partial charge in [-0.25, -0.2) is 0 Å². The Bertz CT molecular complexity index is 484. The molecule has 1 heterocycles. The molecule has 1 aliphatic rings. The van der Waals surface area contributed by atoms with E-state index in [0.717, 1.165) is 32.8 Å². The van der Waals surface area contributed by atoms with E-state index in [0.29, 0.717) is 6.04 Å². The van der Waals surface area contributed by atoms with Gasteiger partial charge in [-0.05, 0) is 70.9 Å². The molecule has 1 saturated heterocycles. The molecule has 0 N–H and O–H groups in total. The summed E-state index contributed by atoms with van der Waals surface area (Å²) in [5.74, 6) is 0. The van der Waals surface area contributed by atoms with Gasteiger partial charge in [-0.3, -0.25) is 4.90 Å². The van der Waals surface area contributed by atoms with E-state index in [1.54, 1.807) is 0 Å². The van der Waals surface area contributed by atoms with E-state index in [4.69, 9.17) is 9.47 Å². The standard InChI is InChI=1S/C33H63NO2/c1-3-5-7-9-11-12-13-14-15-16-17-18-19-20-22-26-30-36-32-33(34-27-23-24-28-34)31-35-29-25-21-10-8-6-4-2/h11-12,14-15,33H,3-10,13,16-32H2,1-2H3/b12-11-,15-14-/t33-/m0/s1. The molecule has 0 amide bonds. The summed E-state index contributed by atoms with van der Waals surface area (Å²) in [5, 5.41) is 0. The summed E-state index contributed by atoms with van der Waals surface area (Å²) in [6.07, 6.45) is 35.6. The minimum atomic E-state index is 0.456. The summed E-state index contributed by atoms with van der Waals surface area (Å²) in [6, 6.07) is 0.456. The second-order valence-corrected chi connectivity index (χ2v) is 10.9. The third-order valence-corrected chi connectivity index (χ3v) is 7.41. The molecule has 1 rings (SSSR count). The fraction of sp³-hybridized carbons (Fsp3) is 0.879. The molecule has 0 aromatic rings. The van der Waals surface area contributed by atoms with Crippen molar-refractivity contribution in [3.05, 3.63) is 24.3 Å². The summed E-state index contributed by atoms with van der Waals surface area (Å²) < 4.78 is 12.2. The summed E-state index contributed by atoms with van der Waals surface area (Å²) >= 11 is 0. The zero-order chi connectivity index (χ0) is 25.8. The second kappa shape index (κ2) is 27.4. The van der Waals surface area contributed by atoms with Crippen LogP contribution in [0.1, 0.15) is 142 Å². The molecule has 1 atom stereocenters. The predicted molar refractivity (Wildman–Crippen MR) is 159 cm³/mol. The van der Waals surface area contributed by atoms with E-state index in [1.165, 1.54) is 135 Å². The fourth-order valence-corrected chi connectivity index (χ4v) is 4.98. The van der Waals surface area contributed by atoms with Crippen LogP contribution in [0.15, 0.2) is 24.3 Å². The lowest BCUT2D eigenvalue weighted by Crippen LogP contribution is -2.40. The van der Waals surface area contributed by atoms with Crippen molar-refractivity contribution < 1.29 is 9.47 Å². The average Bonchev–Trinajstić information content (AvgIpc) is 3.43. The largest absolute Gasteiger partial charge is 0.380 e. The molecular weight excluding hydrogens is 442 g/mol. The minimum absolute atomic E-state index is 0.456. The summed E-state index contributed by atoms with van der Waals surface area (Å²) in [5.41, 5.74) is 0. The predicted octanol–water partition coefficient (Wildman–Crippen LogP) is 9.66. The van der Waals surface area contributed by atoms with Crippen LogP contribution in [-0.2, 0) is 9.47 Å². The molecule has 1 fully saturated rings. The fourth-order valence-electron chi connectivity index (χ4n) is 4.98. The SMILES string of the molecule is CCCCC/C=C\C/C=C\CCCCCCCCOC[C@H](COCCCCCCCC)N1CCCC1. The molecule has 0 radical (unpaired) electrons. The normalized spacial score (nSPS) is 15.6. The molecule has 0 spiro atoms. The summed E-state index contributed by atoms with van der Waals surface area (Å²) in [7, 11) is 0. The zero-order valence-electron chi connectivity index (χ0n) is 24.5. The molecule has 0 unspecified atom stereocenters. The van der Waals surface area contributed by atoms with E-state index in [2.05, 4.69) is 43.1 Å². The van der Waals surface area contributed by atoms with Crippen LogP contribution in [0, 0.1) is 0 Å². The molecule has 0 aliphatic carbocycles. The van der Waals surface area contributed by atoms with Gasteiger partial charge in [0.2, 0.25) is 0 Å². The maximum absolute atomic E-state index is 6.11. The Morgan fingerprint density at radius 2 is 1.00 bits per heavy atom. The molecule has 3 nitrogen and oxygen atoms in total. The van der Waals surface area contributed by atoms with Crippen molar-refractivity contribution in [1.82, 2.24) is 4.90 Å². The molecule has 0 saturated carbocycles. The number of nitrogens with zero attached hydrogens (tertiary/aromatic N) is 1. The third kappa shape index (κ3) is 21.4. The molecule has 36 heavy (non-hydrogen) atoms. The van der Waals surface area contributed by atoms with Crippen molar-refractivity contribution >= 4 is 0 Å². The van der Waals surface area contributed by atoms with Gasteiger partial charge < -0.3 is 9.47 Å². The Morgan fingerprint density at radius 1 is 0.556 bits per heavy atom. The average molecular weight is 506 g/mol. The van der Waals surface area contributed by atoms with Crippen molar-refractivity contribution in [2.75, 3.05) is 39.5 Å². The van der Waals surface area contributed by atoms with Crippen LogP contribution in [-0.4, -0.2) is 50.5 Å². The Balaban J connectivity index is 1.93. The third-order valence-electron chi connectivity index (χ3n) is 7.41. The number of likely N-dealkylation sites (tertiary alicyclic amines) is 1. The van der Waals surface area contributed by atoms with Crippen molar-refractivity contribution in [3.8, 4) is 0 Å². The lowest BCUT2D eigenvalue weighted by Gasteiger charge is -2.27. The highest BCUT2D eigenvalue weighted by molar-refractivity contribution is 4.92. The van der Waals surface area contributed by atoms with Crippen LogP contribution in [0.25, 0.3) is 0 Å². The van der Waals surface area contributed by atoms with E-state index in [9.17, 15) is 0 Å². The van der Waals surface area contributed by atoms with Crippen molar-refractivity contribution in [3.63, 3.8) is 0 Å². The number of allylic oxidation sites excluding steroid dienone is 4. The molecule has 212 valence electrons. The van der Waals surface area contributed by atoms with Gasteiger partial charge in [0.1, 0.15) is 0 Å². The molecule has 0 bridgehead atoms. The maximum atomic E-state index is 6.11. The monoisotopic (exact) mass is 505 g/mol. The van der Waals surface area contributed by atoms with Gasteiger partial charge in [-0.2, -0.15) is 0 Å². The Labute approximate surface area is 226 Å². The molecule has 0 aromatic heterocycles. The summed E-state index contributed by atoms with van der Waals surface area (Å²) in [6.45, 7) is 10.5. The number of hydrogen-bond donors (Lipinski definition) is 0. The van der Waals surface area contributed by atoms with Crippen LogP contribution >= 0.6 is 0 Å². The van der Waals surface area contributed by atoms with Crippen LogP contribution in [0.4, 0.5) is 0 Å². The number of hydrogen-bond acceptors (Lipinski definition) is 3. The van der Waals surface area contributed by atoms with E-state index in [-0.39, 0.29) is 0 Å². The van der Waals surface area contributed by atoms with Gasteiger partial charge in [0.15, 0.2) is 0 Å². The van der Waals surface area contributed by atoms with Gasteiger partial charge >= 0.3 is 0 Å². The number of unbranched alkanes of at least 4 members (excludes halogenated alkanes) is 14. The quantitative estimate of drug-likeness (QED) is 0.0819. The highest BCUT2D eigenvalue weighted by atomic mass is 16.5. The minimum Gasteiger partial charge on any atom is -0.380 e. The molecule has 0 aromatic carbocycles.